The third-order valence-corrected chi connectivity index (χ3v) is 1.76. The largest absolute Gasteiger partial charge is 0.225 e. The first-order valence-corrected chi connectivity index (χ1v) is 3.91. The lowest BCUT2D eigenvalue weighted by Crippen LogP contribution is -1.94. The summed E-state index contributed by atoms with van der Waals surface area (Å²) in [5, 5.41) is 4.42. The molecule has 4 nitrogen and oxygen atoms in total. The maximum atomic E-state index is 5.82. The molecule has 0 saturated heterocycles. The van der Waals surface area contributed by atoms with Gasteiger partial charge in [0.05, 0.1) is 0 Å². The Morgan fingerprint density at radius 3 is 2.83 bits per heavy atom. The minimum atomic E-state index is 0.352. The van der Waals surface area contributed by atoms with Crippen LogP contribution in [-0.2, 0) is 0 Å². The average Bonchev–Trinajstić information content (AvgIpc) is 2.29. The van der Waals surface area contributed by atoms with Crippen LogP contribution in [0.25, 0.3) is 5.65 Å². The van der Waals surface area contributed by atoms with Gasteiger partial charge in [0, 0.05) is 11.8 Å². The van der Waals surface area contributed by atoms with Gasteiger partial charge in [-0.3, -0.25) is 0 Å². The number of aryl methyl sites for hydroxylation is 2. The molecule has 0 aliphatic heterocycles. The molecule has 0 aromatic carbocycles. The molecule has 0 atom stereocenters. The molecule has 2 aromatic heterocycles. The highest BCUT2D eigenvalue weighted by atomic mass is 35.5. The van der Waals surface area contributed by atoms with Gasteiger partial charge >= 0.3 is 0 Å². The lowest BCUT2D eigenvalue weighted by Gasteiger charge is -1.95. The van der Waals surface area contributed by atoms with E-state index in [-0.39, 0.29) is 0 Å². The lowest BCUT2D eigenvalue weighted by molar-refractivity contribution is 0.891. The molecule has 5 heteroatoms. The zero-order chi connectivity index (χ0) is 8.72. The van der Waals surface area contributed by atoms with Crippen LogP contribution in [0.4, 0.5) is 0 Å². The summed E-state index contributed by atoms with van der Waals surface area (Å²) in [4.78, 5) is 8.20. The second-order valence-electron chi connectivity index (χ2n) is 2.60. The minimum Gasteiger partial charge on any atom is -0.223 e. The summed E-state index contributed by atoms with van der Waals surface area (Å²) in [5.74, 6) is 0.698. The van der Waals surface area contributed by atoms with Crippen LogP contribution in [0.1, 0.15) is 11.5 Å². The minimum absolute atomic E-state index is 0.352. The molecule has 2 aromatic rings. The van der Waals surface area contributed by atoms with Gasteiger partial charge in [0.15, 0.2) is 5.65 Å². The first-order chi connectivity index (χ1) is 5.66. The van der Waals surface area contributed by atoms with E-state index in [1.165, 1.54) is 4.52 Å². The van der Waals surface area contributed by atoms with E-state index in [1.807, 2.05) is 19.9 Å². The third kappa shape index (κ3) is 1.04. The number of hydrogen-bond donors (Lipinski definition) is 0. The molecule has 0 saturated carbocycles. The van der Waals surface area contributed by atoms with Crippen molar-refractivity contribution >= 4 is 17.2 Å². The molecule has 0 N–H and O–H groups in total. The first-order valence-electron chi connectivity index (χ1n) is 3.53. The van der Waals surface area contributed by atoms with Crippen molar-refractivity contribution in [2.75, 3.05) is 0 Å². The van der Waals surface area contributed by atoms with Gasteiger partial charge in [0.1, 0.15) is 5.82 Å². The summed E-state index contributed by atoms with van der Waals surface area (Å²) < 4.78 is 1.52. The molecule has 0 aliphatic rings. The quantitative estimate of drug-likeness (QED) is 0.579. The number of hydrogen-bond acceptors (Lipinski definition) is 3. The molecule has 0 radical (unpaired) electrons. The molecule has 2 rings (SSSR count). The van der Waals surface area contributed by atoms with Crippen molar-refractivity contribution in [3.8, 4) is 0 Å². The average molecular weight is 183 g/mol. The molecule has 62 valence electrons. The Bertz CT molecular complexity index is 434. The van der Waals surface area contributed by atoms with Crippen molar-refractivity contribution in [2.45, 2.75) is 13.8 Å². The van der Waals surface area contributed by atoms with Crippen molar-refractivity contribution in [3.63, 3.8) is 0 Å². The van der Waals surface area contributed by atoms with Crippen LogP contribution < -0.4 is 0 Å². The number of rotatable bonds is 0. The van der Waals surface area contributed by atoms with Crippen LogP contribution in [0.5, 0.6) is 0 Å². The van der Waals surface area contributed by atoms with Gasteiger partial charge in [-0.05, 0) is 25.4 Å². The highest BCUT2D eigenvalue weighted by Crippen LogP contribution is 2.09. The predicted octanol–water partition coefficient (Wildman–Crippen LogP) is 1.39. The van der Waals surface area contributed by atoms with Crippen molar-refractivity contribution in [3.05, 3.63) is 22.9 Å². The Labute approximate surface area is 74.2 Å². The van der Waals surface area contributed by atoms with Gasteiger partial charge in [-0.2, -0.15) is 4.52 Å². The van der Waals surface area contributed by atoms with Gasteiger partial charge in [0.25, 0.3) is 0 Å². The third-order valence-electron chi connectivity index (χ3n) is 1.52. The smallest absolute Gasteiger partial charge is 0.223 e. The van der Waals surface area contributed by atoms with Crippen molar-refractivity contribution < 1.29 is 0 Å². The Morgan fingerprint density at radius 1 is 1.33 bits per heavy atom. The summed E-state index contributed by atoms with van der Waals surface area (Å²) in [7, 11) is 0. The van der Waals surface area contributed by atoms with Gasteiger partial charge in [0.2, 0.25) is 5.28 Å². The van der Waals surface area contributed by atoms with Crippen LogP contribution >= 0.6 is 11.6 Å². The van der Waals surface area contributed by atoms with E-state index in [0.29, 0.717) is 11.1 Å². The molecule has 12 heavy (non-hydrogen) atoms. The van der Waals surface area contributed by atoms with E-state index in [1.54, 1.807) is 0 Å². The highest BCUT2D eigenvalue weighted by molar-refractivity contribution is 6.28. The van der Waals surface area contributed by atoms with E-state index < -0.39 is 0 Å². The van der Waals surface area contributed by atoms with Crippen molar-refractivity contribution in [1.29, 1.82) is 0 Å². The molecule has 0 amide bonds. The predicted molar refractivity (Wildman–Crippen MR) is 45.3 cm³/mol. The molecule has 0 aliphatic carbocycles. The van der Waals surface area contributed by atoms with Gasteiger partial charge in [-0.15, -0.1) is 5.10 Å². The molecule has 2 heterocycles. The van der Waals surface area contributed by atoms with Crippen LogP contribution in [0.2, 0.25) is 5.28 Å². The summed E-state index contributed by atoms with van der Waals surface area (Å²) in [5.41, 5.74) is 1.59. The number of nitrogens with zero attached hydrogens (tertiary/aromatic N) is 4. The molecule has 0 spiro atoms. The van der Waals surface area contributed by atoms with Crippen LogP contribution in [0.3, 0.4) is 0 Å². The number of fused-ring (bicyclic) bond motifs is 1. The highest BCUT2D eigenvalue weighted by Gasteiger charge is 2.04. The Hall–Kier alpha value is -1.16. The normalized spacial score (nSPS) is 10.9. The second-order valence-corrected chi connectivity index (χ2v) is 2.93. The van der Waals surface area contributed by atoms with E-state index in [2.05, 4.69) is 15.1 Å². The number of aromatic nitrogens is 4. The maximum absolute atomic E-state index is 5.82. The summed E-state index contributed by atoms with van der Waals surface area (Å²) in [6, 6.07) is 1.84. The summed E-state index contributed by atoms with van der Waals surface area (Å²) in [6.07, 6.45) is 0. The van der Waals surface area contributed by atoms with E-state index in [9.17, 15) is 0 Å². The molecule has 0 unspecified atom stereocenters. The van der Waals surface area contributed by atoms with Crippen LogP contribution in [-0.4, -0.2) is 19.6 Å². The molecule has 0 fully saturated rings. The Balaban J connectivity index is 2.88. The Morgan fingerprint density at radius 2 is 2.08 bits per heavy atom. The van der Waals surface area contributed by atoms with Crippen LogP contribution in [0.15, 0.2) is 6.07 Å². The van der Waals surface area contributed by atoms with Crippen molar-refractivity contribution in [1.82, 2.24) is 19.6 Å². The number of halogens is 1. The second kappa shape index (κ2) is 2.42. The van der Waals surface area contributed by atoms with Crippen molar-refractivity contribution in [2.24, 2.45) is 0 Å². The van der Waals surface area contributed by atoms with E-state index >= 15 is 0 Å². The standard InChI is InChI=1S/C7H7ClN4/c1-4-3-6-10-5(2)11-12(6)7(8)9-4/h3H,1-2H3. The maximum Gasteiger partial charge on any atom is 0.225 e. The SMILES string of the molecule is Cc1cc2nc(C)nn2c(Cl)n1. The van der Waals surface area contributed by atoms with Gasteiger partial charge in [-0.1, -0.05) is 0 Å². The fourth-order valence-corrected chi connectivity index (χ4v) is 1.33. The zero-order valence-electron chi connectivity index (χ0n) is 6.74. The van der Waals surface area contributed by atoms with E-state index in [0.717, 1.165) is 11.3 Å². The summed E-state index contributed by atoms with van der Waals surface area (Å²) >= 11 is 5.82. The fraction of sp³-hybridized carbons (Fsp3) is 0.286. The zero-order valence-corrected chi connectivity index (χ0v) is 7.50. The molecule has 0 bridgehead atoms. The molecular weight excluding hydrogens is 176 g/mol. The lowest BCUT2D eigenvalue weighted by atomic mass is 10.4. The fourth-order valence-electron chi connectivity index (χ4n) is 1.07. The van der Waals surface area contributed by atoms with Gasteiger partial charge in [-0.25, -0.2) is 9.97 Å². The topological polar surface area (TPSA) is 43.1 Å². The molecular formula is C7H7ClN4. The van der Waals surface area contributed by atoms with Crippen LogP contribution in [0, 0.1) is 13.8 Å². The summed E-state index contributed by atoms with van der Waals surface area (Å²) in [6.45, 7) is 3.69. The Kier molecular flexibility index (Phi) is 1.51. The van der Waals surface area contributed by atoms with E-state index in [4.69, 9.17) is 11.6 Å². The monoisotopic (exact) mass is 182 g/mol. The van der Waals surface area contributed by atoms with Gasteiger partial charge < -0.3 is 0 Å². The first kappa shape index (κ1) is 7.49.